The molecule has 0 fully saturated rings. The Morgan fingerprint density at radius 1 is 1.47 bits per heavy atom. The summed E-state index contributed by atoms with van der Waals surface area (Å²) in [4.78, 5) is 0. The molecule has 0 heterocycles. The fourth-order valence-electron chi connectivity index (χ4n) is 2.68. The van der Waals surface area contributed by atoms with Crippen LogP contribution in [0.1, 0.15) is 36.4 Å². The molecular formula is C15H23NO2S. The number of nitrogens with one attached hydrogen (secondary N) is 1. The lowest BCUT2D eigenvalue weighted by Gasteiger charge is -2.27. The normalized spacial score (nSPS) is 19.8. The summed E-state index contributed by atoms with van der Waals surface area (Å²) in [5, 5.41) is 3.60. The van der Waals surface area contributed by atoms with Crippen molar-refractivity contribution < 1.29 is 8.95 Å². The molecule has 0 aliphatic heterocycles. The van der Waals surface area contributed by atoms with Crippen LogP contribution >= 0.6 is 0 Å². The lowest BCUT2D eigenvalue weighted by Crippen LogP contribution is -2.26. The van der Waals surface area contributed by atoms with Gasteiger partial charge in [0.1, 0.15) is 5.75 Å². The first kappa shape index (κ1) is 14.5. The second-order valence-corrected chi connectivity index (χ2v) is 6.65. The van der Waals surface area contributed by atoms with Crippen molar-refractivity contribution in [2.45, 2.75) is 31.7 Å². The number of aryl methyl sites for hydroxylation is 1. The lowest BCUT2D eigenvalue weighted by molar-refractivity contribution is 0.410. The summed E-state index contributed by atoms with van der Waals surface area (Å²) in [5.74, 6) is 1.73. The summed E-state index contributed by atoms with van der Waals surface area (Å²) in [6.45, 7) is 0.940. The minimum absolute atomic E-state index is 0.444. The van der Waals surface area contributed by atoms with Crippen LogP contribution in [0.15, 0.2) is 18.2 Å². The Hall–Kier alpha value is -0.870. The molecule has 19 heavy (non-hydrogen) atoms. The maximum absolute atomic E-state index is 11.0. The number of fused-ring (bicyclic) bond motifs is 1. The summed E-state index contributed by atoms with van der Waals surface area (Å²) < 4.78 is 16.3. The van der Waals surface area contributed by atoms with Crippen molar-refractivity contribution in [3.8, 4) is 5.75 Å². The molecule has 1 aromatic carbocycles. The second-order valence-electron chi connectivity index (χ2n) is 5.09. The van der Waals surface area contributed by atoms with Gasteiger partial charge in [-0.3, -0.25) is 4.21 Å². The Labute approximate surface area is 118 Å². The standard InChI is InChI=1S/C15H23NO2S/c1-18-13-7-8-14-12(11-13)5-3-6-15(14)16-9-4-10-19(2)17/h7-8,11,15-16H,3-6,9-10H2,1-2H3. The van der Waals surface area contributed by atoms with Gasteiger partial charge in [-0.1, -0.05) is 6.07 Å². The highest BCUT2D eigenvalue weighted by Crippen LogP contribution is 2.32. The molecule has 0 spiro atoms. The average Bonchev–Trinajstić information content (AvgIpc) is 2.42. The monoisotopic (exact) mass is 281 g/mol. The molecule has 2 unspecified atom stereocenters. The Morgan fingerprint density at radius 2 is 2.32 bits per heavy atom. The zero-order valence-corrected chi connectivity index (χ0v) is 12.6. The van der Waals surface area contributed by atoms with Crippen LogP contribution < -0.4 is 10.1 Å². The van der Waals surface area contributed by atoms with E-state index in [4.69, 9.17) is 4.74 Å². The third-order valence-corrected chi connectivity index (χ3v) is 4.53. The van der Waals surface area contributed by atoms with Gasteiger partial charge in [-0.2, -0.15) is 0 Å². The number of methoxy groups -OCH3 is 1. The van der Waals surface area contributed by atoms with Gasteiger partial charge in [-0.05, 0) is 55.5 Å². The maximum Gasteiger partial charge on any atom is 0.119 e. The van der Waals surface area contributed by atoms with E-state index in [-0.39, 0.29) is 0 Å². The van der Waals surface area contributed by atoms with E-state index in [2.05, 4.69) is 17.4 Å². The van der Waals surface area contributed by atoms with Gasteiger partial charge < -0.3 is 10.1 Å². The highest BCUT2D eigenvalue weighted by Gasteiger charge is 2.19. The molecule has 4 heteroatoms. The minimum atomic E-state index is -0.678. The van der Waals surface area contributed by atoms with E-state index in [9.17, 15) is 4.21 Å². The first-order valence-electron chi connectivity index (χ1n) is 6.91. The average molecular weight is 281 g/mol. The van der Waals surface area contributed by atoms with Crippen molar-refractivity contribution in [2.24, 2.45) is 0 Å². The van der Waals surface area contributed by atoms with Crippen molar-refractivity contribution in [3.05, 3.63) is 29.3 Å². The minimum Gasteiger partial charge on any atom is -0.497 e. The highest BCUT2D eigenvalue weighted by atomic mass is 32.2. The van der Waals surface area contributed by atoms with Gasteiger partial charge in [-0.15, -0.1) is 0 Å². The Morgan fingerprint density at radius 3 is 3.05 bits per heavy atom. The van der Waals surface area contributed by atoms with Gasteiger partial charge in [0, 0.05) is 28.9 Å². The molecule has 0 aromatic heterocycles. The SMILES string of the molecule is COc1ccc2c(c1)CCCC2NCCCS(C)=O. The number of rotatable bonds is 6. The molecule has 1 N–H and O–H groups in total. The molecule has 1 aliphatic rings. The van der Waals surface area contributed by atoms with E-state index < -0.39 is 10.8 Å². The number of hydrogen-bond donors (Lipinski definition) is 1. The van der Waals surface area contributed by atoms with Gasteiger partial charge >= 0.3 is 0 Å². The Kier molecular flexibility index (Phi) is 5.40. The van der Waals surface area contributed by atoms with E-state index in [1.165, 1.54) is 24.0 Å². The molecule has 0 saturated heterocycles. The molecule has 2 atom stereocenters. The van der Waals surface area contributed by atoms with E-state index in [0.29, 0.717) is 6.04 Å². The molecule has 2 rings (SSSR count). The first-order chi connectivity index (χ1) is 9.20. The molecule has 0 bridgehead atoms. The van der Waals surface area contributed by atoms with Crippen LogP contribution in [0.4, 0.5) is 0 Å². The predicted octanol–water partition coefficient (Wildman–Crippen LogP) is 2.43. The van der Waals surface area contributed by atoms with Crippen molar-refractivity contribution >= 4 is 10.8 Å². The molecule has 106 valence electrons. The quantitative estimate of drug-likeness (QED) is 0.814. The smallest absolute Gasteiger partial charge is 0.119 e. The number of hydrogen-bond acceptors (Lipinski definition) is 3. The third-order valence-electron chi connectivity index (χ3n) is 3.66. The Bertz CT molecular complexity index is 448. The zero-order chi connectivity index (χ0) is 13.7. The maximum atomic E-state index is 11.0. The fraction of sp³-hybridized carbons (Fsp3) is 0.600. The summed E-state index contributed by atoms with van der Waals surface area (Å²) in [5.41, 5.74) is 2.81. The van der Waals surface area contributed by atoms with Crippen molar-refractivity contribution in [1.82, 2.24) is 5.32 Å². The molecule has 3 nitrogen and oxygen atoms in total. The van der Waals surface area contributed by atoms with Crippen molar-refractivity contribution in [2.75, 3.05) is 25.7 Å². The molecule has 1 aliphatic carbocycles. The van der Waals surface area contributed by atoms with Gasteiger partial charge in [0.2, 0.25) is 0 Å². The largest absolute Gasteiger partial charge is 0.497 e. The predicted molar refractivity (Wildman–Crippen MR) is 80.2 cm³/mol. The van der Waals surface area contributed by atoms with Crippen LogP contribution in [-0.4, -0.2) is 29.9 Å². The second kappa shape index (κ2) is 7.06. The first-order valence-corrected chi connectivity index (χ1v) is 8.63. The summed E-state index contributed by atoms with van der Waals surface area (Å²) in [6, 6.07) is 6.83. The summed E-state index contributed by atoms with van der Waals surface area (Å²) >= 11 is 0. The van der Waals surface area contributed by atoms with Crippen molar-refractivity contribution in [1.29, 1.82) is 0 Å². The summed E-state index contributed by atoms with van der Waals surface area (Å²) in [6.07, 6.45) is 6.29. The van der Waals surface area contributed by atoms with E-state index in [1.54, 1.807) is 13.4 Å². The van der Waals surface area contributed by atoms with Crippen LogP contribution in [0.5, 0.6) is 5.75 Å². The topological polar surface area (TPSA) is 38.3 Å². The lowest BCUT2D eigenvalue weighted by atomic mass is 9.87. The molecule has 0 amide bonds. The van der Waals surface area contributed by atoms with E-state index >= 15 is 0 Å². The third kappa shape index (κ3) is 4.05. The van der Waals surface area contributed by atoms with Gasteiger partial charge in [0.25, 0.3) is 0 Å². The van der Waals surface area contributed by atoms with Gasteiger partial charge in [0.05, 0.1) is 7.11 Å². The van der Waals surface area contributed by atoms with E-state index in [1.807, 2.05) is 6.07 Å². The van der Waals surface area contributed by atoms with Gasteiger partial charge in [0.15, 0.2) is 0 Å². The van der Waals surface area contributed by atoms with Crippen LogP contribution in [0.3, 0.4) is 0 Å². The molecule has 0 saturated carbocycles. The van der Waals surface area contributed by atoms with Crippen LogP contribution in [-0.2, 0) is 17.2 Å². The molecule has 0 radical (unpaired) electrons. The van der Waals surface area contributed by atoms with Crippen LogP contribution in [0.2, 0.25) is 0 Å². The summed E-state index contributed by atoms with van der Waals surface area (Å²) in [7, 11) is 1.04. The zero-order valence-electron chi connectivity index (χ0n) is 11.8. The Balaban J connectivity index is 1.95. The van der Waals surface area contributed by atoms with E-state index in [0.717, 1.165) is 30.9 Å². The number of ether oxygens (including phenoxy) is 1. The van der Waals surface area contributed by atoms with Crippen LogP contribution in [0, 0.1) is 0 Å². The highest BCUT2D eigenvalue weighted by molar-refractivity contribution is 7.84. The van der Waals surface area contributed by atoms with Gasteiger partial charge in [-0.25, -0.2) is 0 Å². The van der Waals surface area contributed by atoms with Crippen molar-refractivity contribution in [3.63, 3.8) is 0 Å². The number of benzene rings is 1. The van der Waals surface area contributed by atoms with Crippen LogP contribution in [0.25, 0.3) is 0 Å². The molecular weight excluding hydrogens is 258 g/mol. The molecule has 1 aromatic rings. The fourth-order valence-corrected chi connectivity index (χ4v) is 3.23.